The number of nitrogens with zero attached hydrogens (tertiary/aromatic N) is 2. The lowest BCUT2D eigenvalue weighted by Crippen LogP contribution is -2.26. The number of rotatable bonds is 9. The number of benzene rings is 2. The van der Waals surface area contributed by atoms with Crippen LogP contribution in [0.4, 0.5) is 11.4 Å². The Kier molecular flexibility index (Phi) is 6.56. The second kappa shape index (κ2) is 9.29. The molecule has 0 amide bonds. The fourth-order valence-electron chi connectivity index (χ4n) is 2.66. The predicted molar refractivity (Wildman–Crippen MR) is 113 cm³/mol. The van der Waals surface area contributed by atoms with Gasteiger partial charge in [0.1, 0.15) is 18.1 Å². The Hall–Kier alpha value is -3.26. The van der Waals surface area contributed by atoms with Gasteiger partial charge in [0, 0.05) is 49.9 Å². The summed E-state index contributed by atoms with van der Waals surface area (Å²) in [6, 6.07) is 17.1. The van der Waals surface area contributed by atoms with Gasteiger partial charge in [-0.2, -0.15) is 0 Å². The first-order valence-corrected chi connectivity index (χ1v) is 10.4. The van der Waals surface area contributed by atoms with Gasteiger partial charge < -0.3 is 14.8 Å². The van der Waals surface area contributed by atoms with Gasteiger partial charge in [-0.05, 0) is 24.3 Å². The lowest BCUT2D eigenvalue weighted by Gasteiger charge is -2.21. The SMILES string of the molecule is COc1cc(OCCNc2ccncc2)cc(N(C)S(=O)(=O)c2ccccc2)c1. The molecule has 0 spiro atoms. The highest BCUT2D eigenvalue weighted by Gasteiger charge is 2.22. The van der Waals surface area contributed by atoms with E-state index in [9.17, 15) is 8.42 Å². The van der Waals surface area contributed by atoms with Crippen LogP contribution >= 0.6 is 0 Å². The van der Waals surface area contributed by atoms with Crippen molar-refractivity contribution >= 4 is 21.4 Å². The molecule has 0 fully saturated rings. The Labute approximate surface area is 171 Å². The van der Waals surface area contributed by atoms with E-state index in [2.05, 4.69) is 10.3 Å². The second-order valence-electron chi connectivity index (χ2n) is 6.16. The van der Waals surface area contributed by atoms with Crippen molar-refractivity contribution in [2.75, 3.05) is 36.9 Å². The number of hydrogen-bond acceptors (Lipinski definition) is 6. The maximum atomic E-state index is 12.9. The fourth-order valence-corrected chi connectivity index (χ4v) is 3.86. The molecule has 152 valence electrons. The molecule has 0 saturated carbocycles. The van der Waals surface area contributed by atoms with Crippen molar-refractivity contribution in [3.05, 3.63) is 73.1 Å². The quantitative estimate of drug-likeness (QED) is 0.542. The average Bonchev–Trinajstić information content (AvgIpc) is 2.77. The second-order valence-corrected chi connectivity index (χ2v) is 8.13. The summed E-state index contributed by atoms with van der Waals surface area (Å²) in [5.41, 5.74) is 1.40. The summed E-state index contributed by atoms with van der Waals surface area (Å²) < 4.78 is 38.1. The zero-order chi connectivity index (χ0) is 20.7. The minimum atomic E-state index is -3.69. The van der Waals surface area contributed by atoms with Crippen LogP contribution in [-0.4, -0.2) is 40.7 Å². The molecule has 0 unspecified atom stereocenters. The molecule has 1 heterocycles. The summed E-state index contributed by atoms with van der Waals surface area (Å²) in [6.45, 7) is 0.971. The number of hydrogen-bond donors (Lipinski definition) is 1. The van der Waals surface area contributed by atoms with Gasteiger partial charge in [-0.15, -0.1) is 0 Å². The van der Waals surface area contributed by atoms with Crippen molar-refractivity contribution in [2.24, 2.45) is 0 Å². The zero-order valence-corrected chi connectivity index (χ0v) is 17.1. The molecule has 0 atom stereocenters. The average molecular weight is 413 g/mol. The van der Waals surface area contributed by atoms with Gasteiger partial charge in [0.2, 0.25) is 0 Å². The fraction of sp³-hybridized carbons (Fsp3) is 0.190. The first kappa shape index (κ1) is 20.5. The zero-order valence-electron chi connectivity index (χ0n) is 16.3. The largest absolute Gasteiger partial charge is 0.497 e. The third kappa shape index (κ3) is 5.17. The summed E-state index contributed by atoms with van der Waals surface area (Å²) in [4.78, 5) is 4.19. The van der Waals surface area contributed by atoms with Crippen molar-refractivity contribution in [1.29, 1.82) is 0 Å². The molecule has 0 aliphatic carbocycles. The van der Waals surface area contributed by atoms with E-state index in [1.807, 2.05) is 12.1 Å². The standard InChI is InChI=1S/C21H23N3O4S/c1-24(29(25,26)21-6-4-3-5-7-21)18-14-19(27-2)16-20(15-18)28-13-12-23-17-8-10-22-11-9-17/h3-11,14-16H,12-13H2,1-2H3,(H,22,23). The monoisotopic (exact) mass is 413 g/mol. The van der Waals surface area contributed by atoms with Crippen LogP contribution in [-0.2, 0) is 10.0 Å². The Morgan fingerprint density at radius 1 is 1.00 bits per heavy atom. The minimum Gasteiger partial charge on any atom is -0.497 e. The van der Waals surface area contributed by atoms with Gasteiger partial charge in [-0.1, -0.05) is 18.2 Å². The third-order valence-corrected chi connectivity index (χ3v) is 6.05. The van der Waals surface area contributed by atoms with Gasteiger partial charge in [0.05, 0.1) is 17.7 Å². The van der Waals surface area contributed by atoms with Crippen LogP contribution in [0.25, 0.3) is 0 Å². The smallest absolute Gasteiger partial charge is 0.264 e. The van der Waals surface area contributed by atoms with E-state index in [-0.39, 0.29) is 4.90 Å². The molecular formula is C21H23N3O4S. The molecule has 2 aromatic carbocycles. The minimum absolute atomic E-state index is 0.217. The van der Waals surface area contributed by atoms with Gasteiger partial charge in [-0.3, -0.25) is 9.29 Å². The van der Waals surface area contributed by atoms with Crippen molar-refractivity contribution in [3.8, 4) is 11.5 Å². The highest BCUT2D eigenvalue weighted by molar-refractivity contribution is 7.92. The molecule has 3 rings (SSSR count). The van der Waals surface area contributed by atoms with E-state index in [1.54, 1.807) is 60.9 Å². The topological polar surface area (TPSA) is 80.8 Å². The molecule has 0 aliphatic heterocycles. The van der Waals surface area contributed by atoms with Crippen molar-refractivity contribution in [3.63, 3.8) is 0 Å². The molecule has 3 aromatic rings. The summed E-state index contributed by atoms with van der Waals surface area (Å²) in [5.74, 6) is 1.03. The summed E-state index contributed by atoms with van der Waals surface area (Å²) in [6.07, 6.45) is 3.42. The molecule has 1 aromatic heterocycles. The van der Waals surface area contributed by atoms with Gasteiger partial charge in [0.25, 0.3) is 10.0 Å². The molecule has 7 nitrogen and oxygen atoms in total. The number of methoxy groups -OCH3 is 1. The third-order valence-electron chi connectivity index (χ3n) is 4.25. The Morgan fingerprint density at radius 2 is 1.69 bits per heavy atom. The molecule has 0 bridgehead atoms. The summed E-state index contributed by atoms with van der Waals surface area (Å²) in [5, 5.41) is 3.22. The Balaban J connectivity index is 1.73. The highest BCUT2D eigenvalue weighted by atomic mass is 32.2. The lowest BCUT2D eigenvalue weighted by molar-refractivity contribution is 0.329. The van der Waals surface area contributed by atoms with E-state index in [4.69, 9.17) is 9.47 Å². The summed E-state index contributed by atoms with van der Waals surface area (Å²) >= 11 is 0. The normalized spacial score (nSPS) is 11.0. The molecule has 8 heteroatoms. The Bertz CT molecular complexity index is 1030. The molecule has 0 radical (unpaired) electrons. The molecular weight excluding hydrogens is 390 g/mol. The first-order valence-electron chi connectivity index (χ1n) is 9.00. The number of sulfonamides is 1. The van der Waals surface area contributed by atoms with E-state index in [0.717, 1.165) is 5.69 Å². The molecule has 29 heavy (non-hydrogen) atoms. The Morgan fingerprint density at radius 3 is 2.38 bits per heavy atom. The number of nitrogens with one attached hydrogen (secondary N) is 1. The van der Waals surface area contributed by atoms with Gasteiger partial charge in [0.15, 0.2) is 0 Å². The van der Waals surface area contributed by atoms with E-state index in [0.29, 0.717) is 30.3 Å². The van der Waals surface area contributed by atoms with Crippen LogP contribution in [0.3, 0.4) is 0 Å². The highest BCUT2D eigenvalue weighted by Crippen LogP contribution is 2.31. The van der Waals surface area contributed by atoms with Crippen LogP contribution in [0.2, 0.25) is 0 Å². The van der Waals surface area contributed by atoms with Crippen LogP contribution in [0.15, 0.2) is 78.0 Å². The van der Waals surface area contributed by atoms with Crippen molar-refractivity contribution < 1.29 is 17.9 Å². The maximum absolute atomic E-state index is 12.9. The van der Waals surface area contributed by atoms with E-state index in [1.165, 1.54) is 18.5 Å². The lowest BCUT2D eigenvalue weighted by atomic mass is 10.3. The number of pyridine rings is 1. The van der Waals surface area contributed by atoms with E-state index >= 15 is 0 Å². The van der Waals surface area contributed by atoms with Crippen LogP contribution < -0.4 is 19.1 Å². The number of aromatic nitrogens is 1. The number of ether oxygens (including phenoxy) is 2. The predicted octanol–water partition coefficient (Wildman–Crippen LogP) is 3.41. The molecule has 0 saturated heterocycles. The van der Waals surface area contributed by atoms with Crippen LogP contribution in [0.1, 0.15) is 0 Å². The van der Waals surface area contributed by atoms with Gasteiger partial charge >= 0.3 is 0 Å². The molecule has 0 aliphatic rings. The maximum Gasteiger partial charge on any atom is 0.264 e. The first-order chi connectivity index (χ1) is 14.0. The van der Waals surface area contributed by atoms with Gasteiger partial charge in [-0.25, -0.2) is 8.42 Å². The van der Waals surface area contributed by atoms with E-state index < -0.39 is 10.0 Å². The van der Waals surface area contributed by atoms with Crippen LogP contribution in [0, 0.1) is 0 Å². The van der Waals surface area contributed by atoms with Crippen LogP contribution in [0.5, 0.6) is 11.5 Å². The molecule has 1 N–H and O–H groups in total. The summed E-state index contributed by atoms with van der Waals surface area (Å²) in [7, 11) is -0.658. The number of anilines is 2. The van der Waals surface area contributed by atoms with Crippen molar-refractivity contribution in [2.45, 2.75) is 4.90 Å². The van der Waals surface area contributed by atoms with Crippen molar-refractivity contribution in [1.82, 2.24) is 4.98 Å².